The Labute approximate surface area is 183 Å². The minimum Gasteiger partial charge on any atom is -0.479 e. The fraction of sp³-hybridized carbons (Fsp3) is 0.231. The fourth-order valence-corrected chi connectivity index (χ4v) is 2.98. The summed E-state index contributed by atoms with van der Waals surface area (Å²) in [7, 11) is 0. The molecule has 31 heavy (non-hydrogen) atoms. The Bertz CT molecular complexity index is 1100. The Kier molecular flexibility index (Phi) is 6.75. The van der Waals surface area contributed by atoms with E-state index < -0.39 is 12.1 Å². The summed E-state index contributed by atoms with van der Waals surface area (Å²) in [4.78, 5) is 24.9. The van der Waals surface area contributed by atoms with Crippen LogP contribution in [0.25, 0.3) is 0 Å². The second-order valence-electron chi connectivity index (χ2n) is 7.72. The Hall–Kier alpha value is -3.60. The van der Waals surface area contributed by atoms with Crippen LogP contribution in [0.2, 0.25) is 0 Å². The summed E-state index contributed by atoms with van der Waals surface area (Å²) in [5.41, 5.74) is 5.55. The first-order valence-electron chi connectivity index (χ1n) is 10.2. The van der Waals surface area contributed by atoms with E-state index in [4.69, 9.17) is 9.47 Å². The molecular formula is C26H27NO4. The number of nitrogens with one attached hydrogen (secondary N) is 1. The van der Waals surface area contributed by atoms with Crippen molar-refractivity contribution < 1.29 is 19.1 Å². The van der Waals surface area contributed by atoms with Gasteiger partial charge in [-0.2, -0.15) is 0 Å². The van der Waals surface area contributed by atoms with E-state index in [1.54, 1.807) is 31.2 Å². The number of ether oxygens (including phenoxy) is 2. The van der Waals surface area contributed by atoms with Crippen LogP contribution in [0.5, 0.6) is 11.5 Å². The van der Waals surface area contributed by atoms with E-state index in [-0.39, 0.29) is 5.91 Å². The summed E-state index contributed by atoms with van der Waals surface area (Å²) in [5.74, 6) is 0.235. The van der Waals surface area contributed by atoms with Crippen molar-refractivity contribution >= 4 is 17.6 Å². The van der Waals surface area contributed by atoms with Crippen LogP contribution in [-0.4, -0.2) is 18.0 Å². The van der Waals surface area contributed by atoms with Crippen molar-refractivity contribution in [1.82, 2.24) is 0 Å². The molecule has 0 radical (unpaired) electrons. The van der Waals surface area contributed by atoms with Crippen LogP contribution in [0.3, 0.4) is 0 Å². The van der Waals surface area contributed by atoms with Crippen molar-refractivity contribution in [2.45, 2.75) is 40.7 Å². The topological polar surface area (TPSA) is 64.6 Å². The zero-order chi connectivity index (χ0) is 22.5. The van der Waals surface area contributed by atoms with E-state index in [0.29, 0.717) is 17.1 Å². The lowest BCUT2D eigenvalue weighted by molar-refractivity contribution is -0.141. The molecule has 0 aliphatic rings. The van der Waals surface area contributed by atoms with E-state index in [2.05, 4.69) is 5.32 Å². The standard InChI is InChI=1S/C26H27NO4/c1-16-6-7-18(3)24(14-16)27-25(28)21-9-12-22(13-10-21)31-26(29)20(5)30-23-11-8-17(2)19(4)15-23/h6-15,20H,1-5H3,(H,27,28). The molecule has 160 valence electrons. The molecule has 0 heterocycles. The van der Waals surface area contributed by atoms with Crippen molar-refractivity contribution in [1.29, 1.82) is 0 Å². The van der Waals surface area contributed by atoms with Gasteiger partial charge in [-0.15, -0.1) is 0 Å². The Morgan fingerprint density at radius 1 is 0.774 bits per heavy atom. The van der Waals surface area contributed by atoms with Crippen molar-refractivity contribution in [3.05, 3.63) is 88.5 Å². The Balaban J connectivity index is 1.60. The van der Waals surface area contributed by atoms with Crippen LogP contribution in [0.15, 0.2) is 60.7 Å². The van der Waals surface area contributed by atoms with Crippen LogP contribution in [0.1, 0.15) is 39.5 Å². The molecule has 0 bridgehead atoms. The highest BCUT2D eigenvalue weighted by molar-refractivity contribution is 6.04. The van der Waals surface area contributed by atoms with Gasteiger partial charge in [-0.05, 0) is 99.3 Å². The Morgan fingerprint density at radius 2 is 1.42 bits per heavy atom. The highest BCUT2D eigenvalue weighted by Gasteiger charge is 2.18. The summed E-state index contributed by atoms with van der Waals surface area (Å²) in [5, 5.41) is 2.91. The number of carbonyl (C=O) groups excluding carboxylic acids is 2. The molecule has 0 aromatic heterocycles. The monoisotopic (exact) mass is 417 g/mol. The number of hydrogen-bond acceptors (Lipinski definition) is 4. The van der Waals surface area contributed by atoms with E-state index in [9.17, 15) is 9.59 Å². The van der Waals surface area contributed by atoms with E-state index in [1.165, 1.54) is 0 Å². The SMILES string of the molecule is Cc1ccc(C)c(NC(=O)c2ccc(OC(=O)C(C)Oc3ccc(C)c(C)c3)cc2)c1. The molecule has 0 aliphatic heterocycles. The van der Waals surface area contributed by atoms with Gasteiger partial charge in [0.1, 0.15) is 11.5 Å². The lowest BCUT2D eigenvalue weighted by Crippen LogP contribution is -2.28. The predicted molar refractivity (Wildman–Crippen MR) is 122 cm³/mol. The molecule has 1 amide bonds. The highest BCUT2D eigenvalue weighted by Crippen LogP contribution is 2.20. The maximum atomic E-state index is 12.5. The summed E-state index contributed by atoms with van der Waals surface area (Å²) in [6, 6.07) is 18.0. The van der Waals surface area contributed by atoms with Crippen LogP contribution >= 0.6 is 0 Å². The predicted octanol–water partition coefficient (Wildman–Crippen LogP) is 5.55. The van der Waals surface area contributed by atoms with Gasteiger partial charge in [0.25, 0.3) is 5.91 Å². The van der Waals surface area contributed by atoms with Gasteiger partial charge >= 0.3 is 5.97 Å². The number of aryl methyl sites for hydroxylation is 4. The van der Waals surface area contributed by atoms with E-state index in [1.807, 2.05) is 64.1 Å². The van der Waals surface area contributed by atoms with Crippen molar-refractivity contribution in [3.63, 3.8) is 0 Å². The number of hydrogen-bond donors (Lipinski definition) is 1. The lowest BCUT2D eigenvalue weighted by atomic mass is 10.1. The van der Waals surface area contributed by atoms with Crippen LogP contribution in [0.4, 0.5) is 5.69 Å². The van der Waals surface area contributed by atoms with Crippen LogP contribution in [0, 0.1) is 27.7 Å². The van der Waals surface area contributed by atoms with Gasteiger partial charge in [-0.1, -0.05) is 18.2 Å². The first-order chi connectivity index (χ1) is 14.7. The molecular weight excluding hydrogens is 390 g/mol. The summed E-state index contributed by atoms with van der Waals surface area (Å²) < 4.78 is 11.1. The average Bonchev–Trinajstić information content (AvgIpc) is 2.73. The number of benzene rings is 3. The second kappa shape index (κ2) is 9.47. The van der Waals surface area contributed by atoms with Crippen LogP contribution in [-0.2, 0) is 4.79 Å². The van der Waals surface area contributed by atoms with Crippen molar-refractivity contribution in [2.24, 2.45) is 0 Å². The minimum atomic E-state index is -0.769. The average molecular weight is 418 g/mol. The lowest BCUT2D eigenvalue weighted by Gasteiger charge is -2.15. The summed E-state index contributed by atoms with van der Waals surface area (Å²) >= 11 is 0. The number of anilines is 1. The third-order valence-corrected chi connectivity index (χ3v) is 5.10. The highest BCUT2D eigenvalue weighted by atomic mass is 16.6. The number of esters is 1. The first kappa shape index (κ1) is 22.1. The summed E-state index contributed by atoms with van der Waals surface area (Å²) in [6.07, 6.45) is -0.769. The molecule has 0 saturated heterocycles. The zero-order valence-electron chi connectivity index (χ0n) is 18.5. The van der Waals surface area contributed by atoms with Gasteiger partial charge in [0.2, 0.25) is 0 Å². The third kappa shape index (κ3) is 5.72. The molecule has 3 aromatic rings. The van der Waals surface area contributed by atoms with Crippen LogP contribution < -0.4 is 14.8 Å². The molecule has 3 aromatic carbocycles. The van der Waals surface area contributed by atoms with E-state index >= 15 is 0 Å². The Morgan fingerprint density at radius 3 is 2.10 bits per heavy atom. The normalized spacial score (nSPS) is 11.5. The van der Waals surface area contributed by atoms with Gasteiger partial charge in [-0.25, -0.2) is 4.79 Å². The maximum Gasteiger partial charge on any atom is 0.352 e. The van der Waals surface area contributed by atoms with Gasteiger partial charge in [0.05, 0.1) is 0 Å². The largest absolute Gasteiger partial charge is 0.479 e. The van der Waals surface area contributed by atoms with Crippen molar-refractivity contribution in [3.8, 4) is 11.5 Å². The van der Waals surface area contributed by atoms with Gasteiger partial charge in [0, 0.05) is 11.3 Å². The second-order valence-corrected chi connectivity index (χ2v) is 7.72. The molecule has 1 atom stereocenters. The first-order valence-corrected chi connectivity index (χ1v) is 10.2. The number of amides is 1. The minimum absolute atomic E-state index is 0.224. The molecule has 5 nitrogen and oxygen atoms in total. The van der Waals surface area contributed by atoms with Crippen molar-refractivity contribution in [2.75, 3.05) is 5.32 Å². The zero-order valence-corrected chi connectivity index (χ0v) is 18.5. The smallest absolute Gasteiger partial charge is 0.352 e. The molecule has 3 rings (SSSR count). The van der Waals surface area contributed by atoms with Gasteiger partial charge in [-0.3, -0.25) is 4.79 Å². The quantitative estimate of drug-likeness (QED) is 0.422. The molecule has 0 fully saturated rings. The molecule has 1 unspecified atom stereocenters. The van der Waals surface area contributed by atoms with E-state index in [0.717, 1.165) is 27.9 Å². The molecule has 0 aliphatic carbocycles. The number of carbonyl (C=O) groups is 2. The maximum absolute atomic E-state index is 12.5. The number of rotatable bonds is 6. The van der Waals surface area contributed by atoms with Gasteiger partial charge < -0.3 is 14.8 Å². The molecule has 1 N–H and O–H groups in total. The molecule has 0 spiro atoms. The third-order valence-electron chi connectivity index (χ3n) is 5.10. The fourth-order valence-electron chi connectivity index (χ4n) is 2.98. The molecule has 0 saturated carbocycles. The summed E-state index contributed by atoms with van der Waals surface area (Å²) in [6.45, 7) is 9.57. The van der Waals surface area contributed by atoms with Gasteiger partial charge in [0.15, 0.2) is 6.10 Å². The molecule has 5 heteroatoms.